The van der Waals surface area contributed by atoms with Gasteiger partial charge in [0.15, 0.2) is 23.1 Å². The van der Waals surface area contributed by atoms with Crippen molar-refractivity contribution in [1.29, 1.82) is 0 Å². The zero-order valence-electron chi connectivity index (χ0n) is 25.6. The Kier molecular flexibility index (Phi) is 7.61. The van der Waals surface area contributed by atoms with Crippen LogP contribution in [0.15, 0.2) is 54.6 Å². The normalized spacial score (nSPS) is 21.5. The van der Waals surface area contributed by atoms with Gasteiger partial charge in [0.25, 0.3) is 12.2 Å². The van der Waals surface area contributed by atoms with Gasteiger partial charge in [-0.3, -0.25) is 4.90 Å². The van der Waals surface area contributed by atoms with Crippen LogP contribution in [-0.4, -0.2) is 55.4 Å². The SMILES string of the molecule is CC1(c2ccc(Cl)cc2F)Oc2cccc(C3CCN(Cc4nc5cc(-c6nnc(C(F)F)[nH]6)ccc5n4CC4CCO4)CC3)c2O1. The molecule has 2 atom stereocenters. The van der Waals surface area contributed by atoms with Gasteiger partial charge in [-0.2, -0.15) is 0 Å². The van der Waals surface area contributed by atoms with E-state index < -0.39 is 23.9 Å². The van der Waals surface area contributed by atoms with Gasteiger partial charge in [-0.15, -0.1) is 10.2 Å². The fourth-order valence-electron chi connectivity index (χ4n) is 6.83. The van der Waals surface area contributed by atoms with Gasteiger partial charge < -0.3 is 23.8 Å². The van der Waals surface area contributed by atoms with E-state index in [9.17, 15) is 13.2 Å². The number of alkyl halides is 2. The average Bonchev–Trinajstić information content (AvgIpc) is 3.74. The minimum Gasteiger partial charge on any atom is -0.444 e. The van der Waals surface area contributed by atoms with Crippen LogP contribution in [0.1, 0.15) is 61.3 Å². The molecular weight excluding hydrogens is 633 g/mol. The molecule has 0 saturated carbocycles. The molecular formula is C34H32ClF3N6O3. The predicted octanol–water partition coefficient (Wildman–Crippen LogP) is 7.36. The van der Waals surface area contributed by atoms with Gasteiger partial charge in [0.05, 0.1) is 35.8 Å². The first kappa shape index (κ1) is 30.2. The van der Waals surface area contributed by atoms with Crippen molar-refractivity contribution in [1.82, 2.24) is 29.6 Å². The summed E-state index contributed by atoms with van der Waals surface area (Å²) in [6.45, 7) is 5.53. The van der Waals surface area contributed by atoms with Crippen molar-refractivity contribution in [2.75, 3.05) is 19.7 Å². The van der Waals surface area contributed by atoms with Crippen LogP contribution in [-0.2, 0) is 23.6 Å². The van der Waals surface area contributed by atoms with Crippen LogP contribution in [0.2, 0.25) is 5.02 Å². The zero-order chi connectivity index (χ0) is 32.3. The van der Waals surface area contributed by atoms with Crippen molar-refractivity contribution in [3.63, 3.8) is 0 Å². The number of fused-ring (bicyclic) bond motifs is 2. The number of para-hydroxylation sites is 1. The summed E-state index contributed by atoms with van der Waals surface area (Å²) >= 11 is 5.98. The van der Waals surface area contributed by atoms with Gasteiger partial charge in [0.2, 0.25) is 0 Å². The predicted molar refractivity (Wildman–Crippen MR) is 168 cm³/mol. The molecule has 0 aliphatic carbocycles. The third-order valence-corrected chi connectivity index (χ3v) is 9.65. The molecule has 2 saturated heterocycles. The van der Waals surface area contributed by atoms with Crippen molar-refractivity contribution < 1.29 is 27.4 Å². The number of imidazole rings is 1. The Bertz CT molecular complexity index is 1950. The molecule has 2 fully saturated rings. The van der Waals surface area contributed by atoms with Gasteiger partial charge in [-0.25, -0.2) is 18.2 Å². The lowest BCUT2D eigenvalue weighted by Gasteiger charge is -2.33. The number of aromatic amines is 1. The molecule has 1 N–H and O–H groups in total. The zero-order valence-corrected chi connectivity index (χ0v) is 26.3. The molecule has 244 valence electrons. The lowest BCUT2D eigenvalue weighted by atomic mass is 9.88. The summed E-state index contributed by atoms with van der Waals surface area (Å²) < 4.78 is 61.6. The fourth-order valence-corrected chi connectivity index (χ4v) is 6.98. The number of ether oxygens (including phenoxy) is 3. The number of nitrogens with one attached hydrogen (secondary N) is 1. The second-order valence-electron chi connectivity index (χ2n) is 12.5. The second kappa shape index (κ2) is 11.8. The lowest BCUT2D eigenvalue weighted by molar-refractivity contribution is -0.0712. The molecule has 3 aliphatic rings. The Morgan fingerprint density at radius 1 is 1.04 bits per heavy atom. The minimum absolute atomic E-state index is 0.133. The van der Waals surface area contributed by atoms with Gasteiger partial charge in [-0.05, 0) is 80.7 Å². The summed E-state index contributed by atoms with van der Waals surface area (Å²) in [5.74, 6) is 0.478. The number of hydrogen-bond donors (Lipinski definition) is 1. The van der Waals surface area contributed by atoms with E-state index in [0.29, 0.717) is 40.7 Å². The number of nitrogens with zero attached hydrogens (tertiary/aromatic N) is 5. The van der Waals surface area contributed by atoms with Crippen LogP contribution >= 0.6 is 11.6 Å². The van der Waals surface area contributed by atoms with E-state index in [2.05, 4.69) is 30.7 Å². The van der Waals surface area contributed by atoms with E-state index in [1.807, 2.05) is 30.3 Å². The van der Waals surface area contributed by atoms with Gasteiger partial charge in [-0.1, -0.05) is 23.7 Å². The van der Waals surface area contributed by atoms with Crippen LogP contribution in [0.5, 0.6) is 11.5 Å². The summed E-state index contributed by atoms with van der Waals surface area (Å²) in [4.78, 5) is 10.0. The van der Waals surface area contributed by atoms with E-state index in [4.69, 9.17) is 30.8 Å². The maximum atomic E-state index is 14.9. The number of halogens is 4. The quantitative estimate of drug-likeness (QED) is 0.185. The highest BCUT2D eigenvalue weighted by Crippen LogP contribution is 2.50. The maximum Gasteiger partial charge on any atom is 0.297 e. The third kappa shape index (κ3) is 5.62. The Hall–Kier alpha value is -4.13. The Morgan fingerprint density at radius 3 is 2.60 bits per heavy atom. The first-order valence-corrected chi connectivity index (χ1v) is 16.1. The summed E-state index contributed by atoms with van der Waals surface area (Å²) in [5.41, 5.74) is 3.72. The summed E-state index contributed by atoms with van der Waals surface area (Å²) in [5, 5.41) is 7.78. The van der Waals surface area contributed by atoms with Crippen molar-refractivity contribution >= 4 is 22.6 Å². The Labute approximate surface area is 273 Å². The van der Waals surface area contributed by atoms with Crippen LogP contribution < -0.4 is 9.47 Å². The average molecular weight is 665 g/mol. The van der Waals surface area contributed by atoms with Gasteiger partial charge >= 0.3 is 0 Å². The number of benzene rings is 3. The smallest absolute Gasteiger partial charge is 0.297 e. The lowest BCUT2D eigenvalue weighted by Crippen LogP contribution is -2.35. The molecule has 0 spiro atoms. The minimum atomic E-state index is -2.72. The number of hydrogen-bond acceptors (Lipinski definition) is 7. The van der Waals surface area contributed by atoms with Crippen LogP contribution in [0, 0.1) is 5.82 Å². The standard InChI is InChI=1S/C34H32ClF3N6O3/c1-34(24-7-6-21(35)16-25(24)36)46-28-4-2-3-23(30(28)47-34)19-9-12-43(13-10-19)18-29-39-26-15-20(32-40-33(31(37)38)42-41-32)5-8-27(26)44(29)17-22-11-14-45-22/h2-8,15-16,19,22,31H,9-14,17-18H2,1H3,(H,40,41,42). The summed E-state index contributed by atoms with van der Waals surface area (Å²) in [6.07, 6.45) is 0.211. The number of H-pyrrole nitrogens is 1. The molecule has 9 nitrogen and oxygen atoms in total. The van der Waals surface area contributed by atoms with E-state index in [1.165, 1.54) is 6.07 Å². The third-order valence-electron chi connectivity index (χ3n) is 9.41. The van der Waals surface area contributed by atoms with E-state index in [0.717, 1.165) is 61.4 Å². The van der Waals surface area contributed by atoms with Crippen LogP contribution in [0.4, 0.5) is 13.2 Å². The molecule has 13 heteroatoms. The van der Waals surface area contributed by atoms with E-state index >= 15 is 0 Å². The molecule has 2 aromatic heterocycles. The molecule has 0 radical (unpaired) electrons. The van der Waals surface area contributed by atoms with Gasteiger partial charge in [0, 0.05) is 29.7 Å². The number of aromatic nitrogens is 5. The monoisotopic (exact) mass is 664 g/mol. The van der Waals surface area contributed by atoms with E-state index in [1.54, 1.807) is 19.1 Å². The molecule has 2 unspecified atom stereocenters. The molecule has 3 aliphatic heterocycles. The van der Waals surface area contributed by atoms with Crippen molar-refractivity contribution in [3.05, 3.63) is 88.2 Å². The number of rotatable bonds is 8. The Balaban J connectivity index is 0.997. The van der Waals surface area contributed by atoms with Crippen molar-refractivity contribution in [2.24, 2.45) is 0 Å². The molecule has 3 aromatic carbocycles. The molecule has 0 amide bonds. The number of piperidine rings is 1. The van der Waals surface area contributed by atoms with Crippen LogP contribution in [0.25, 0.3) is 22.4 Å². The number of likely N-dealkylation sites (tertiary alicyclic amines) is 1. The first-order valence-electron chi connectivity index (χ1n) is 15.7. The maximum absolute atomic E-state index is 14.9. The molecule has 5 aromatic rings. The fraction of sp³-hybridized carbons (Fsp3) is 0.382. The highest BCUT2D eigenvalue weighted by molar-refractivity contribution is 6.30. The molecule has 0 bridgehead atoms. The molecule has 8 rings (SSSR count). The Morgan fingerprint density at radius 2 is 1.87 bits per heavy atom. The van der Waals surface area contributed by atoms with Crippen molar-refractivity contribution in [3.8, 4) is 22.9 Å². The largest absolute Gasteiger partial charge is 0.444 e. The molecule has 47 heavy (non-hydrogen) atoms. The first-order chi connectivity index (χ1) is 22.7. The van der Waals surface area contributed by atoms with Gasteiger partial charge in [0.1, 0.15) is 11.6 Å². The topological polar surface area (TPSA) is 90.3 Å². The highest BCUT2D eigenvalue weighted by atomic mass is 35.5. The second-order valence-corrected chi connectivity index (χ2v) is 12.9. The summed E-state index contributed by atoms with van der Waals surface area (Å²) in [7, 11) is 0. The summed E-state index contributed by atoms with van der Waals surface area (Å²) in [6, 6.07) is 16.1. The van der Waals surface area contributed by atoms with Crippen LogP contribution in [0.3, 0.4) is 0 Å². The van der Waals surface area contributed by atoms with E-state index in [-0.39, 0.29) is 17.8 Å². The van der Waals surface area contributed by atoms with Crippen molar-refractivity contribution in [2.45, 2.75) is 63.5 Å². The highest BCUT2D eigenvalue weighted by Gasteiger charge is 2.43. The molecule has 5 heterocycles.